The third-order valence-electron chi connectivity index (χ3n) is 4.86. The van der Waals surface area contributed by atoms with Crippen molar-refractivity contribution in [3.8, 4) is 5.75 Å². The van der Waals surface area contributed by atoms with Gasteiger partial charge in [0.1, 0.15) is 0 Å². The number of hydrogen-bond donors (Lipinski definition) is 0. The van der Waals surface area contributed by atoms with Crippen LogP contribution in [0.3, 0.4) is 0 Å². The van der Waals surface area contributed by atoms with E-state index in [-0.39, 0.29) is 0 Å². The molecule has 1 nitrogen and oxygen atoms in total. The van der Waals surface area contributed by atoms with Crippen molar-refractivity contribution in [3.05, 3.63) is 41.5 Å². The van der Waals surface area contributed by atoms with E-state index < -0.39 is 24.0 Å². The van der Waals surface area contributed by atoms with Gasteiger partial charge in [-0.3, -0.25) is 0 Å². The number of rotatable bonds is 8. The van der Waals surface area contributed by atoms with Crippen molar-refractivity contribution in [2.75, 3.05) is 0 Å². The third-order valence-corrected chi connectivity index (χ3v) is 4.86. The SMILES string of the molecule is CCCC=CC1CCC(CCc2cc(F)c(OC(F)F)c(F)c2)CC1. The average molecular weight is 358 g/mol. The molecule has 1 saturated carbocycles. The lowest BCUT2D eigenvalue weighted by Crippen LogP contribution is -2.14. The highest BCUT2D eigenvalue weighted by Crippen LogP contribution is 2.33. The summed E-state index contributed by atoms with van der Waals surface area (Å²) in [5.41, 5.74) is 0.488. The summed E-state index contributed by atoms with van der Waals surface area (Å²) in [4.78, 5) is 0. The van der Waals surface area contributed by atoms with Crippen LogP contribution in [-0.2, 0) is 6.42 Å². The van der Waals surface area contributed by atoms with Gasteiger partial charge in [-0.2, -0.15) is 8.78 Å². The van der Waals surface area contributed by atoms with E-state index in [9.17, 15) is 17.6 Å². The van der Waals surface area contributed by atoms with E-state index in [1.807, 2.05) is 0 Å². The number of unbranched alkanes of at least 4 members (excludes halogenated alkanes) is 1. The summed E-state index contributed by atoms with van der Waals surface area (Å²) in [6, 6.07) is 2.19. The number of alkyl halides is 2. The standard InChI is InChI=1S/C20H26F4O/c1-2-3-4-5-14-6-8-15(9-7-14)10-11-16-12-17(21)19(18(22)13-16)25-20(23)24/h4-5,12-15,20H,2-3,6-11H2,1H3. The van der Waals surface area contributed by atoms with E-state index in [2.05, 4.69) is 23.8 Å². The Bertz CT molecular complexity index is 540. The normalized spacial score (nSPS) is 21.2. The van der Waals surface area contributed by atoms with E-state index in [1.165, 1.54) is 6.42 Å². The van der Waals surface area contributed by atoms with Gasteiger partial charge in [0.25, 0.3) is 0 Å². The Hall–Kier alpha value is -1.52. The molecule has 1 aromatic carbocycles. The second-order valence-corrected chi connectivity index (χ2v) is 6.80. The molecule has 1 fully saturated rings. The summed E-state index contributed by atoms with van der Waals surface area (Å²) in [6.07, 6.45) is 12.9. The molecule has 0 spiro atoms. The third kappa shape index (κ3) is 6.37. The van der Waals surface area contributed by atoms with E-state index in [0.717, 1.165) is 50.7 Å². The molecule has 140 valence electrons. The van der Waals surface area contributed by atoms with Crippen LogP contribution < -0.4 is 4.74 Å². The van der Waals surface area contributed by atoms with Crippen LogP contribution in [0.5, 0.6) is 5.75 Å². The minimum Gasteiger partial charge on any atom is -0.429 e. The van der Waals surface area contributed by atoms with Gasteiger partial charge < -0.3 is 4.74 Å². The molecule has 25 heavy (non-hydrogen) atoms. The summed E-state index contributed by atoms with van der Waals surface area (Å²) in [6.45, 7) is -1.07. The summed E-state index contributed by atoms with van der Waals surface area (Å²) in [5, 5.41) is 0. The van der Waals surface area contributed by atoms with E-state index in [1.54, 1.807) is 0 Å². The molecule has 1 aliphatic rings. The fourth-order valence-electron chi connectivity index (χ4n) is 3.45. The number of benzene rings is 1. The van der Waals surface area contributed by atoms with E-state index >= 15 is 0 Å². The lowest BCUT2D eigenvalue weighted by atomic mass is 9.79. The van der Waals surface area contributed by atoms with E-state index in [4.69, 9.17) is 0 Å². The number of hydrogen-bond acceptors (Lipinski definition) is 1. The second-order valence-electron chi connectivity index (χ2n) is 6.80. The first-order chi connectivity index (χ1) is 12.0. The molecule has 5 heteroatoms. The van der Waals surface area contributed by atoms with Crippen LogP contribution >= 0.6 is 0 Å². The van der Waals surface area contributed by atoms with Gasteiger partial charge in [0.15, 0.2) is 17.4 Å². The Morgan fingerprint density at radius 2 is 1.76 bits per heavy atom. The van der Waals surface area contributed by atoms with Crippen molar-refractivity contribution in [1.29, 1.82) is 0 Å². The molecule has 0 aromatic heterocycles. The van der Waals surface area contributed by atoms with Gasteiger partial charge >= 0.3 is 6.61 Å². The van der Waals surface area contributed by atoms with E-state index in [0.29, 0.717) is 23.8 Å². The van der Waals surface area contributed by atoms with Gasteiger partial charge in [-0.15, -0.1) is 0 Å². The molecule has 0 amide bonds. The van der Waals surface area contributed by atoms with Gasteiger partial charge in [0.05, 0.1) is 0 Å². The molecular weight excluding hydrogens is 332 g/mol. The average Bonchev–Trinajstić information content (AvgIpc) is 2.57. The number of halogens is 4. The fourth-order valence-corrected chi connectivity index (χ4v) is 3.45. The number of ether oxygens (including phenoxy) is 1. The number of allylic oxidation sites excluding steroid dienone is 2. The maximum Gasteiger partial charge on any atom is 0.387 e. The molecule has 0 bridgehead atoms. The molecule has 1 aromatic rings. The van der Waals surface area contributed by atoms with Crippen molar-refractivity contribution in [2.45, 2.75) is 64.9 Å². The van der Waals surface area contributed by atoms with Crippen molar-refractivity contribution in [2.24, 2.45) is 11.8 Å². The molecule has 0 saturated heterocycles. The van der Waals surface area contributed by atoms with Crippen LogP contribution in [0.1, 0.15) is 57.4 Å². The first-order valence-electron chi connectivity index (χ1n) is 9.09. The zero-order valence-corrected chi connectivity index (χ0v) is 14.6. The summed E-state index contributed by atoms with van der Waals surface area (Å²) in [7, 11) is 0. The van der Waals surface area contributed by atoms with Gasteiger partial charge in [-0.25, -0.2) is 8.78 Å². The largest absolute Gasteiger partial charge is 0.429 e. The highest BCUT2D eigenvalue weighted by molar-refractivity contribution is 5.31. The van der Waals surface area contributed by atoms with Crippen molar-refractivity contribution in [3.63, 3.8) is 0 Å². The molecule has 0 heterocycles. The summed E-state index contributed by atoms with van der Waals surface area (Å²) >= 11 is 0. The number of aryl methyl sites for hydroxylation is 1. The maximum absolute atomic E-state index is 13.7. The molecule has 0 atom stereocenters. The van der Waals surface area contributed by atoms with Gasteiger partial charge in [0.2, 0.25) is 0 Å². The monoisotopic (exact) mass is 358 g/mol. The minimum absolute atomic E-state index is 0.488. The maximum atomic E-state index is 13.7. The Kier molecular flexibility index (Phi) is 7.79. The smallest absolute Gasteiger partial charge is 0.387 e. The highest BCUT2D eigenvalue weighted by atomic mass is 19.3. The summed E-state index contributed by atoms with van der Waals surface area (Å²) < 4.78 is 55.6. The molecule has 1 aliphatic carbocycles. The van der Waals surface area contributed by atoms with Crippen LogP contribution in [0, 0.1) is 23.5 Å². The van der Waals surface area contributed by atoms with Crippen molar-refractivity contribution < 1.29 is 22.3 Å². The lowest BCUT2D eigenvalue weighted by molar-refractivity contribution is -0.0546. The van der Waals surface area contributed by atoms with Crippen LogP contribution in [-0.4, -0.2) is 6.61 Å². The lowest BCUT2D eigenvalue weighted by Gasteiger charge is -2.26. The topological polar surface area (TPSA) is 9.23 Å². The highest BCUT2D eigenvalue weighted by Gasteiger charge is 2.21. The van der Waals surface area contributed by atoms with Crippen molar-refractivity contribution in [1.82, 2.24) is 0 Å². The van der Waals surface area contributed by atoms with Crippen LogP contribution in [0.2, 0.25) is 0 Å². The quantitative estimate of drug-likeness (QED) is 0.373. The van der Waals surface area contributed by atoms with Gasteiger partial charge in [-0.05, 0) is 74.5 Å². The fraction of sp³-hybridized carbons (Fsp3) is 0.600. The minimum atomic E-state index is -3.24. The second kappa shape index (κ2) is 9.83. The zero-order chi connectivity index (χ0) is 18.2. The Morgan fingerprint density at radius 3 is 2.32 bits per heavy atom. The van der Waals surface area contributed by atoms with Crippen LogP contribution in [0.4, 0.5) is 17.6 Å². The Balaban J connectivity index is 1.82. The van der Waals surface area contributed by atoms with Gasteiger partial charge in [-0.1, -0.05) is 25.5 Å². The molecule has 0 aliphatic heterocycles. The first kappa shape index (κ1) is 19.8. The molecule has 0 N–H and O–H groups in total. The Morgan fingerprint density at radius 1 is 1.12 bits per heavy atom. The van der Waals surface area contributed by atoms with Crippen LogP contribution in [0.25, 0.3) is 0 Å². The van der Waals surface area contributed by atoms with Crippen molar-refractivity contribution >= 4 is 0 Å². The predicted molar refractivity (Wildman–Crippen MR) is 90.8 cm³/mol. The summed E-state index contributed by atoms with van der Waals surface area (Å²) in [5.74, 6) is -1.93. The molecular formula is C20H26F4O. The molecule has 2 rings (SSSR count). The predicted octanol–water partition coefficient (Wildman–Crippen LogP) is 6.66. The van der Waals surface area contributed by atoms with Gasteiger partial charge in [0, 0.05) is 0 Å². The Labute approximate surface area is 147 Å². The zero-order valence-electron chi connectivity index (χ0n) is 14.6. The van der Waals surface area contributed by atoms with Crippen LogP contribution in [0.15, 0.2) is 24.3 Å². The molecule has 0 radical (unpaired) electrons. The first-order valence-corrected chi connectivity index (χ1v) is 9.09. The molecule has 0 unspecified atom stereocenters.